The second-order valence-electron chi connectivity index (χ2n) is 17.6. The molecule has 14 heteroatoms. The quantitative estimate of drug-likeness (QED) is 0.0714. The van der Waals surface area contributed by atoms with Crippen molar-refractivity contribution in [3.8, 4) is 27.4 Å². The van der Waals surface area contributed by atoms with Gasteiger partial charge in [-0.05, 0) is 91.3 Å². The zero-order chi connectivity index (χ0) is 44.0. The number of aliphatic hydroxyl groups is 1. The van der Waals surface area contributed by atoms with E-state index in [1.165, 1.54) is 11.2 Å². The molecule has 2 fully saturated rings. The molecule has 1 aliphatic carbocycles. The molecular weight excluding hydrogens is 805 g/mol. The number of carboxylic acids is 1. The number of aromatic nitrogens is 3. The molecular formula is C48H56N6O7S. The normalized spacial score (nSPS) is 17.3. The zero-order valence-corrected chi connectivity index (χ0v) is 36.7. The Balaban J connectivity index is 0.881. The van der Waals surface area contributed by atoms with Crippen LogP contribution in [0.5, 0.6) is 5.75 Å². The molecule has 3 heterocycles. The molecule has 3 atom stereocenters. The number of rotatable bonds is 16. The Morgan fingerprint density at radius 3 is 2.40 bits per heavy atom. The molecule has 62 heavy (non-hydrogen) atoms. The van der Waals surface area contributed by atoms with Crippen LogP contribution in [0.3, 0.4) is 0 Å². The fourth-order valence-electron chi connectivity index (χ4n) is 8.60. The van der Waals surface area contributed by atoms with Crippen LogP contribution in [0, 0.1) is 12.3 Å². The van der Waals surface area contributed by atoms with Gasteiger partial charge in [-0.3, -0.25) is 14.4 Å². The SMILES string of the molecule is Cc1ncsc1-c1ccc(CNC(=O)[C@@H]2C[C@@H](O)CN2C(=O)[C@@H](NC(=O)CCCCCOc2ccc3c(-c4ccc(C(=O)O)c(C5CCCC5)c4)ncnc3c2)C(C)(C)C)cc1. The molecule has 3 aromatic carbocycles. The van der Waals surface area contributed by atoms with Crippen LogP contribution in [-0.2, 0) is 20.9 Å². The van der Waals surface area contributed by atoms with Gasteiger partial charge in [-0.25, -0.2) is 19.7 Å². The lowest BCUT2D eigenvalue weighted by atomic mass is 9.85. The Morgan fingerprint density at radius 2 is 1.69 bits per heavy atom. The number of thiazole rings is 1. The van der Waals surface area contributed by atoms with Crippen LogP contribution in [0.4, 0.5) is 0 Å². The predicted molar refractivity (Wildman–Crippen MR) is 239 cm³/mol. The Bertz CT molecular complexity index is 2410. The molecule has 3 amide bonds. The molecule has 2 aliphatic rings. The van der Waals surface area contributed by atoms with Crippen molar-refractivity contribution in [2.45, 2.75) is 116 Å². The van der Waals surface area contributed by atoms with Gasteiger partial charge in [0.25, 0.3) is 0 Å². The van der Waals surface area contributed by atoms with Gasteiger partial charge in [-0.15, -0.1) is 11.3 Å². The summed E-state index contributed by atoms with van der Waals surface area (Å²) in [6.07, 6.45) is 7.22. The van der Waals surface area contributed by atoms with Crippen molar-refractivity contribution in [1.29, 1.82) is 0 Å². The number of β-amino-alcohol motifs (C(OH)–C–C–N with tert-alkyl or cyclic N) is 1. The highest BCUT2D eigenvalue weighted by Gasteiger charge is 2.44. The number of fused-ring (bicyclic) bond motifs is 1. The van der Waals surface area contributed by atoms with Crippen molar-refractivity contribution in [2.75, 3.05) is 13.2 Å². The molecule has 2 aromatic heterocycles. The van der Waals surface area contributed by atoms with Gasteiger partial charge in [0.2, 0.25) is 17.7 Å². The van der Waals surface area contributed by atoms with E-state index in [9.17, 15) is 29.4 Å². The van der Waals surface area contributed by atoms with E-state index >= 15 is 0 Å². The number of aromatic carboxylic acids is 1. The molecule has 0 radical (unpaired) electrons. The molecule has 0 unspecified atom stereocenters. The van der Waals surface area contributed by atoms with Crippen LogP contribution >= 0.6 is 11.3 Å². The van der Waals surface area contributed by atoms with Crippen LogP contribution < -0.4 is 15.4 Å². The number of unbranched alkanes of at least 4 members (excludes halogenated alkanes) is 2. The van der Waals surface area contributed by atoms with E-state index in [0.717, 1.165) is 81.5 Å². The van der Waals surface area contributed by atoms with Gasteiger partial charge >= 0.3 is 5.97 Å². The van der Waals surface area contributed by atoms with Gasteiger partial charge in [-0.1, -0.05) is 63.9 Å². The monoisotopic (exact) mass is 860 g/mol. The largest absolute Gasteiger partial charge is 0.494 e. The van der Waals surface area contributed by atoms with Gasteiger partial charge in [0, 0.05) is 42.9 Å². The summed E-state index contributed by atoms with van der Waals surface area (Å²) in [7, 11) is 0. The first-order valence-electron chi connectivity index (χ1n) is 21.6. The summed E-state index contributed by atoms with van der Waals surface area (Å²) >= 11 is 1.58. The Morgan fingerprint density at radius 1 is 0.935 bits per heavy atom. The molecule has 1 saturated carbocycles. The summed E-state index contributed by atoms with van der Waals surface area (Å²) in [4.78, 5) is 68.6. The predicted octanol–water partition coefficient (Wildman–Crippen LogP) is 7.83. The number of aliphatic hydroxyl groups excluding tert-OH is 1. The van der Waals surface area contributed by atoms with Gasteiger partial charge in [0.1, 0.15) is 24.2 Å². The number of carbonyl (C=O) groups is 4. The fourth-order valence-corrected chi connectivity index (χ4v) is 9.42. The molecule has 0 spiro atoms. The van der Waals surface area contributed by atoms with Crippen molar-refractivity contribution in [2.24, 2.45) is 5.41 Å². The third-order valence-electron chi connectivity index (χ3n) is 12.0. The Labute approximate surface area is 366 Å². The summed E-state index contributed by atoms with van der Waals surface area (Å²) in [5.41, 5.74) is 7.64. The van der Waals surface area contributed by atoms with Crippen molar-refractivity contribution in [3.63, 3.8) is 0 Å². The first kappa shape index (κ1) is 44.3. The highest BCUT2D eigenvalue weighted by atomic mass is 32.1. The third kappa shape index (κ3) is 10.5. The number of nitrogens with one attached hydrogen (secondary N) is 2. The average molecular weight is 861 g/mol. The number of hydrogen-bond donors (Lipinski definition) is 4. The first-order valence-corrected chi connectivity index (χ1v) is 22.4. The van der Waals surface area contributed by atoms with Gasteiger partial charge in [-0.2, -0.15) is 0 Å². The van der Waals surface area contributed by atoms with Crippen LogP contribution in [0.2, 0.25) is 0 Å². The number of nitrogens with zero attached hydrogens (tertiary/aromatic N) is 4. The number of ether oxygens (including phenoxy) is 1. The molecule has 13 nitrogen and oxygen atoms in total. The topological polar surface area (TPSA) is 184 Å². The number of aryl methyl sites for hydroxylation is 1. The minimum Gasteiger partial charge on any atom is -0.494 e. The van der Waals surface area contributed by atoms with E-state index in [1.54, 1.807) is 17.4 Å². The molecule has 1 saturated heterocycles. The maximum absolute atomic E-state index is 14.0. The van der Waals surface area contributed by atoms with Crippen molar-refractivity contribution < 1.29 is 34.1 Å². The number of carbonyl (C=O) groups excluding carboxylic acids is 3. The lowest BCUT2D eigenvalue weighted by molar-refractivity contribution is -0.144. The number of amides is 3. The van der Waals surface area contributed by atoms with Crippen LogP contribution in [0.15, 0.2) is 72.5 Å². The summed E-state index contributed by atoms with van der Waals surface area (Å²) in [6.45, 7) is 8.31. The smallest absolute Gasteiger partial charge is 0.335 e. The van der Waals surface area contributed by atoms with Crippen molar-refractivity contribution in [3.05, 3.63) is 94.9 Å². The molecule has 5 aromatic rings. The maximum Gasteiger partial charge on any atom is 0.335 e. The fraction of sp³-hybridized carbons (Fsp3) is 0.438. The molecule has 0 bridgehead atoms. The molecule has 4 N–H and O–H groups in total. The Hall–Kier alpha value is -5.73. The van der Waals surface area contributed by atoms with E-state index in [4.69, 9.17) is 4.74 Å². The van der Waals surface area contributed by atoms with Gasteiger partial charge < -0.3 is 30.5 Å². The summed E-state index contributed by atoms with van der Waals surface area (Å²) in [5, 5.41) is 27.2. The zero-order valence-electron chi connectivity index (χ0n) is 35.9. The number of carboxylic acid groups (broad SMARTS) is 1. The molecule has 7 rings (SSSR count). The standard InChI is InChI=1S/C48H56N6O7S/c1-29-43(62-28-52-29)32-15-13-30(14-16-32)25-49-45(57)40-23-34(55)26-54(40)46(58)44(48(2,3)4)53-41(56)12-6-5-9-21-61-35-18-20-37-39(24-35)50-27-51-42(37)33-17-19-36(47(59)60)38(22-33)31-10-7-8-11-31/h13-20,22,24,27-28,31,34,40,44,55H,5-12,21,23,25-26H2,1-4H3,(H,49,57)(H,53,56)(H,59,60)/t34-,40+,44-/m1/s1. The second-order valence-corrected chi connectivity index (χ2v) is 18.4. The van der Waals surface area contributed by atoms with Crippen LogP contribution in [0.1, 0.15) is 112 Å². The van der Waals surface area contributed by atoms with Crippen LogP contribution in [-0.4, -0.2) is 85.1 Å². The highest BCUT2D eigenvalue weighted by molar-refractivity contribution is 7.13. The molecule has 1 aliphatic heterocycles. The maximum atomic E-state index is 14.0. The number of hydrogen-bond acceptors (Lipinski definition) is 10. The summed E-state index contributed by atoms with van der Waals surface area (Å²) in [5.74, 6) is -1.01. The Kier molecular flexibility index (Phi) is 14.0. The van der Waals surface area contributed by atoms with E-state index < -0.39 is 35.5 Å². The van der Waals surface area contributed by atoms with Crippen molar-refractivity contribution in [1.82, 2.24) is 30.5 Å². The minimum absolute atomic E-state index is 0.0111. The highest BCUT2D eigenvalue weighted by Crippen LogP contribution is 2.39. The van der Waals surface area contributed by atoms with E-state index in [0.29, 0.717) is 30.8 Å². The lowest BCUT2D eigenvalue weighted by Gasteiger charge is -2.35. The summed E-state index contributed by atoms with van der Waals surface area (Å²) in [6, 6.07) is 17.3. The van der Waals surface area contributed by atoms with E-state index in [-0.39, 0.29) is 43.7 Å². The van der Waals surface area contributed by atoms with Gasteiger partial charge in [0.15, 0.2) is 0 Å². The summed E-state index contributed by atoms with van der Waals surface area (Å²) < 4.78 is 6.06. The second kappa shape index (κ2) is 19.5. The first-order chi connectivity index (χ1) is 29.8. The van der Waals surface area contributed by atoms with E-state index in [1.807, 2.05) is 87.8 Å². The number of likely N-dealkylation sites (tertiary alicyclic amines) is 1. The average Bonchev–Trinajstić information content (AvgIpc) is 4.04. The number of benzene rings is 3. The van der Waals surface area contributed by atoms with Gasteiger partial charge in [0.05, 0.1) is 45.6 Å². The third-order valence-corrected chi connectivity index (χ3v) is 13.0. The van der Waals surface area contributed by atoms with Crippen molar-refractivity contribution >= 4 is 45.9 Å². The molecule has 326 valence electrons. The van der Waals surface area contributed by atoms with Crippen LogP contribution in [0.25, 0.3) is 32.6 Å². The lowest BCUT2D eigenvalue weighted by Crippen LogP contribution is -2.57. The van der Waals surface area contributed by atoms with E-state index in [2.05, 4.69) is 25.6 Å². The minimum atomic E-state index is -0.910.